The van der Waals surface area contributed by atoms with Crippen LogP contribution in [-0.4, -0.2) is 35.6 Å². The average Bonchev–Trinajstić information content (AvgIpc) is 2.24. The first-order chi connectivity index (χ1) is 7.88. The molecular weight excluding hydrogens is 226 g/mol. The molecule has 5 N–H and O–H groups in total. The Morgan fingerprint density at radius 1 is 1.35 bits per heavy atom. The highest BCUT2D eigenvalue weighted by molar-refractivity contribution is 5.83. The van der Waals surface area contributed by atoms with Crippen LogP contribution in [0.25, 0.3) is 0 Å². The van der Waals surface area contributed by atoms with Gasteiger partial charge in [-0.05, 0) is 5.92 Å². The van der Waals surface area contributed by atoms with E-state index in [0.717, 1.165) is 0 Å². The molecule has 0 aliphatic carbocycles. The number of carbonyl (C=O) groups is 3. The van der Waals surface area contributed by atoms with Crippen molar-refractivity contribution in [2.24, 2.45) is 11.7 Å². The maximum atomic E-state index is 11.3. The van der Waals surface area contributed by atoms with Gasteiger partial charge in [0, 0.05) is 13.0 Å². The third-order valence-electron chi connectivity index (χ3n) is 2.42. The summed E-state index contributed by atoms with van der Waals surface area (Å²) in [6, 6.07) is -1.55. The minimum absolute atomic E-state index is 0.0223. The number of amides is 3. The number of primary amides is 1. The summed E-state index contributed by atoms with van der Waals surface area (Å²) >= 11 is 0. The molecule has 0 radical (unpaired) electrons. The summed E-state index contributed by atoms with van der Waals surface area (Å²) in [6.45, 7) is 3.67. The average molecular weight is 245 g/mol. The molecule has 0 aromatic carbocycles. The van der Waals surface area contributed by atoms with Crippen LogP contribution in [0.1, 0.15) is 26.7 Å². The fourth-order valence-electron chi connectivity index (χ4n) is 1.17. The Morgan fingerprint density at radius 2 is 1.94 bits per heavy atom. The van der Waals surface area contributed by atoms with Gasteiger partial charge in [-0.1, -0.05) is 20.3 Å². The van der Waals surface area contributed by atoms with E-state index in [-0.39, 0.29) is 18.9 Å². The van der Waals surface area contributed by atoms with Crippen LogP contribution in [0.4, 0.5) is 4.79 Å². The molecular formula is C10H19N3O4. The SMILES string of the molecule is CCC(C)C(NC(=O)NCCC(N)=O)C(=O)O. The lowest BCUT2D eigenvalue weighted by Crippen LogP contribution is -2.49. The summed E-state index contributed by atoms with van der Waals surface area (Å²) in [4.78, 5) is 32.6. The van der Waals surface area contributed by atoms with Crippen molar-refractivity contribution in [3.8, 4) is 0 Å². The van der Waals surface area contributed by atoms with Crippen LogP contribution in [-0.2, 0) is 9.59 Å². The lowest BCUT2D eigenvalue weighted by atomic mass is 9.99. The van der Waals surface area contributed by atoms with Gasteiger partial charge in [0.25, 0.3) is 0 Å². The van der Waals surface area contributed by atoms with E-state index in [1.54, 1.807) is 6.92 Å². The van der Waals surface area contributed by atoms with E-state index in [0.29, 0.717) is 6.42 Å². The Bertz CT molecular complexity index is 293. The number of hydrogen-bond donors (Lipinski definition) is 4. The number of carboxylic acid groups (broad SMARTS) is 1. The minimum atomic E-state index is -1.08. The molecule has 7 heteroatoms. The third-order valence-corrected chi connectivity index (χ3v) is 2.42. The summed E-state index contributed by atoms with van der Waals surface area (Å²) in [5, 5.41) is 13.6. The molecule has 0 aromatic rings. The number of nitrogens with two attached hydrogens (primary N) is 1. The van der Waals surface area contributed by atoms with E-state index < -0.39 is 23.9 Å². The van der Waals surface area contributed by atoms with Crippen molar-refractivity contribution in [3.63, 3.8) is 0 Å². The number of hydrogen-bond acceptors (Lipinski definition) is 3. The second-order valence-electron chi connectivity index (χ2n) is 3.82. The van der Waals surface area contributed by atoms with Gasteiger partial charge in [-0.15, -0.1) is 0 Å². The number of aliphatic carboxylic acids is 1. The van der Waals surface area contributed by atoms with Gasteiger partial charge in [-0.25, -0.2) is 9.59 Å². The highest BCUT2D eigenvalue weighted by Gasteiger charge is 2.24. The quantitative estimate of drug-likeness (QED) is 0.490. The second kappa shape index (κ2) is 7.48. The van der Waals surface area contributed by atoms with Crippen LogP contribution in [0.15, 0.2) is 0 Å². The van der Waals surface area contributed by atoms with E-state index in [9.17, 15) is 14.4 Å². The molecule has 0 heterocycles. The molecule has 0 saturated carbocycles. The Balaban J connectivity index is 4.13. The first-order valence-corrected chi connectivity index (χ1v) is 5.44. The molecule has 0 aliphatic heterocycles. The molecule has 0 aliphatic rings. The highest BCUT2D eigenvalue weighted by Crippen LogP contribution is 2.07. The van der Waals surface area contributed by atoms with Crippen molar-refractivity contribution in [1.29, 1.82) is 0 Å². The first kappa shape index (κ1) is 15.2. The van der Waals surface area contributed by atoms with E-state index >= 15 is 0 Å². The van der Waals surface area contributed by atoms with E-state index in [1.165, 1.54) is 0 Å². The maximum Gasteiger partial charge on any atom is 0.326 e. The predicted molar refractivity (Wildman–Crippen MR) is 61.2 cm³/mol. The van der Waals surface area contributed by atoms with Gasteiger partial charge in [-0.3, -0.25) is 4.79 Å². The number of nitrogens with one attached hydrogen (secondary N) is 2. The van der Waals surface area contributed by atoms with Crippen LogP contribution in [0.2, 0.25) is 0 Å². The number of urea groups is 1. The molecule has 2 atom stereocenters. The molecule has 3 amide bonds. The van der Waals surface area contributed by atoms with E-state index in [2.05, 4.69) is 10.6 Å². The van der Waals surface area contributed by atoms with Crippen molar-refractivity contribution in [3.05, 3.63) is 0 Å². The lowest BCUT2D eigenvalue weighted by Gasteiger charge is -2.20. The van der Waals surface area contributed by atoms with Gasteiger partial charge in [-0.2, -0.15) is 0 Å². The van der Waals surface area contributed by atoms with Gasteiger partial charge in [0.15, 0.2) is 0 Å². The minimum Gasteiger partial charge on any atom is -0.480 e. The molecule has 17 heavy (non-hydrogen) atoms. The zero-order valence-corrected chi connectivity index (χ0v) is 10.0. The lowest BCUT2D eigenvalue weighted by molar-refractivity contribution is -0.140. The third kappa shape index (κ3) is 6.39. The van der Waals surface area contributed by atoms with Crippen LogP contribution in [0, 0.1) is 5.92 Å². The van der Waals surface area contributed by atoms with Crippen LogP contribution in [0.3, 0.4) is 0 Å². The Kier molecular flexibility index (Phi) is 6.69. The molecule has 0 fully saturated rings. The largest absolute Gasteiger partial charge is 0.480 e. The Hall–Kier alpha value is -1.79. The van der Waals surface area contributed by atoms with Crippen molar-refractivity contribution < 1.29 is 19.5 Å². The van der Waals surface area contributed by atoms with Gasteiger partial charge < -0.3 is 21.5 Å². The monoisotopic (exact) mass is 245 g/mol. The zero-order chi connectivity index (χ0) is 13.4. The van der Waals surface area contributed by atoms with Gasteiger partial charge in [0.05, 0.1) is 0 Å². The molecule has 98 valence electrons. The molecule has 7 nitrogen and oxygen atoms in total. The second-order valence-corrected chi connectivity index (χ2v) is 3.82. The van der Waals surface area contributed by atoms with Crippen molar-refractivity contribution >= 4 is 17.9 Å². The molecule has 0 bridgehead atoms. The predicted octanol–water partition coefficient (Wildman–Crippen LogP) is -0.340. The fraction of sp³-hybridized carbons (Fsp3) is 0.700. The summed E-state index contributed by atoms with van der Waals surface area (Å²) in [7, 11) is 0. The van der Waals surface area contributed by atoms with Crippen molar-refractivity contribution in [2.45, 2.75) is 32.7 Å². The van der Waals surface area contributed by atoms with E-state index in [1.807, 2.05) is 6.92 Å². The number of rotatable bonds is 7. The summed E-state index contributed by atoms with van der Waals surface area (Å²) in [5.41, 5.74) is 4.89. The van der Waals surface area contributed by atoms with Gasteiger partial charge in [0.1, 0.15) is 6.04 Å². The number of carbonyl (C=O) groups excluding carboxylic acids is 2. The fourth-order valence-corrected chi connectivity index (χ4v) is 1.17. The van der Waals surface area contributed by atoms with Crippen LogP contribution >= 0.6 is 0 Å². The van der Waals surface area contributed by atoms with Crippen molar-refractivity contribution in [1.82, 2.24) is 10.6 Å². The summed E-state index contributed by atoms with van der Waals surface area (Å²) in [5.74, 6) is -1.78. The summed E-state index contributed by atoms with van der Waals surface area (Å²) in [6.07, 6.45) is 0.660. The first-order valence-electron chi connectivity index (χ1n) is 5.44. The Labute approximate surface area is 99.7 Å². The van der Waals surface area contributed by atoms with Crippen LogP contribution < -0.4 is 16.4 Å². The normalized spacial score (nSPS) is 13.5. The molecule has 0 saturated heterocycles. The standard InChI is InChI=1S/C10H19N3O4/c1-3-6(2)8(9(15)16)13-10(17)12-5-4-7(11)14/h6,8H,3-5H2,1-2H3,(H2,11,14)(H,15,16)(H2,12,13,17). The Morgan fingerprint density at radius 3 is 2.35 bits per heavy atom. The molecule has 0 spiro atoms. The summed E-state index contributed by atoms with van der Waals surface area (Å²) < 4.78 is 0. The van der Waals surface area contributed by atoms with Gasteiger partial charge in [0.2, 0.25) is 5.91 Å². The van der Waals surface area contributed by atoms with Gasteiger partial charge >= 0.3 is 12.0 Å². The number of carboxylic acids is 1. The molecule has 0 rings (SSSR count). The van der Waals surface area contributed by atoms with Crippen LogP contribution in [0.5, 0.6) is 0 Å². The smallest absolute Gasteiger partial charge is 0.326 e. The topological polar surface area (TPSA) is 122 Å². The van der Waals surface area contributed by atoms with E-state index in [4.69, 9.17) is 10.8 Å². The highest BCUT2D eigenvalue weighted by atomic mass is 16.4. The van der Waals surface area contributed by atoms with Crippen molar-refractivity contribution in [2.75, 3.05) is 6.54 Å². The molecule has 2 unspecified atom stereocenters. The maximum absolute atomic E-state index is 11.3. The zero-order valence-electron chi connectivity index (χ0n) is 10.0. The molecule has 0 aromatic heterocycles.